The maximum absolute atomic E-state index is 14.7. The van der Waals surface area contributed by atoms with Gasteiger partial charge in [-0.3, -0.25) is 9.63 Å². The highest BCUT2D eigenvalue weighted by Crippen LogP contribution is 2.32. The molecule has 3 rings (SSSR count). The molecule has 174 valence electrons. The summed E-state index contributed by atoms with van der Waals surface area (Å²) in [6.07, 6.45) is -1.05. The Balaban J connectivity index is 1.67. The Bertz CT molecular complexity index is 1140. The van der Waals surface area contributed by atoms with Crippen molar-refractivity contribution in [2.45, 2.75) is 13.0 Å². The first-order valence-electron chi connectivity index (χ1n) is 9.75. The summed E-state index contributed by atoms with van der Waals surface area (Å²) in [6.45, 7) is 1.42. The average Bonchev–Trinajstić information content (AvgIpc) is 2.80. The number of hydrogen-bond acceptors (Lipinski definition) is 5. The molecule has 3 aromatic rings. The smallest absolute Gasteiger partial charge is 0.277 e. The van der Waals surface area contributed by atoms with Crippen molar-refractivity contribution in [3.63, 3.8) is 0 Å². The van der Waals surface area contributed by atoms with Crippen LogP contribution in [0.4, 0.5) is 20.2 Å². The summed E-state index contributed by atoms with van der Waals surface area (Å²) in [5.74, 6) is -2.90. The standard InChI is InChI=1S/C23H20ClF2IN2O4/c1-13-9-14(27)7-8-19(13)28-22-17(10-18(24)20(25)21(22)26)23(31)29-33-12-15(30)11-32-16-5-3-2-4-6-16/h2-10,15,28,30H,11-12H2,1H3,(H,29,31). The number of aliphatic hydroxyl groups is 1. The second kappa shape index (κ2) is 11.6. The fourth-order valence-electron chi connectivity index (χ4n) is 2.81. The maximum Gasteiger partial charge on any atom is 0.277 e. The van der Waals surface area contributed by atoms with Crippen LogP contribution in [0.1, 0.15) is 15.9 Å². The summed E-state index contributed by atoms with van der Waals surface area (Å²) in [6, 6.07) is 15.2. The van der Waals surface area contributed by atoms with Crippen molar-refractivity contribution in [1.29, 1.82) is 0 Å². The van der Waals surface area contributed by atoms with Crippen molar-refractivity contribution >= 4 is 51.5 Å². The number of anilines is 2. The van der Waals surface area contributed by atoms with Gasteiger partial charge in [0.15, 0.2) is 11.6 Å². The number of rotatable bonds is 9. The summed E-state index contributed by atoms with van der Waals surface area (Å²) in [5.41, 5.74) is 2.69. The van der Waals surface area contributed by atoms with Crippen LogP contribution in [0.3, 0.4) is 0 Å². The minimum absolute atomic E-state index is 0.0736. The molecule has 0 aliphatic rings. The molecule has 0 fully saturated rings. The van der Waals surface area contributed by atoms with E-state index in [2.05, 4.69) is 33.4 Å². The predicted octanol–water partition coefficient (Wildman–Crippen LogP) is 5.38. The van der Waals surface area contributed by atoms with Crippen LogP contribution < -0.4 is 15.5 Å². The molecule has 3 aromatic carbocycles. The molecular weight excluding hydrogens is 569 g/mol. The number of amides is 1. The number of hydrogen-bond donors (Lipinski definition) is 3. The van der Waals surface area contributed by atoms with E-state index in [0.29, 0.717) is 11.4 Å². The lowest BCUT2D eigenvalue weighted by Crippen LogP contribution is -2.31. The highest BCUT2D eigenvalue weighted by Gasteiger charge is 2.23. The summed E-state index contributed by atoms with van der Waals surface area (Å²) >= 11 is 7.88. The fraction of sp³-hybridized carbons (Fsp3) is 0.174. The molecule has 0 bridgehead atoms. The number of halogens is 4. The topological polar surface area (TPSA) is 79.8 Å². The second-order valence-corrected chi connectivity index (χ2v) is 8.67. The van der Waals surface area contributed by atoms with E-state index in [4.69, 9.17) is 21.2 Å². The first kappa shape index (κ1) is 25.2. The summed E-state index contributed by atoms with van der Waals surface area (Å²) < 4.78 is 35.2. The van der Waals surface area contributed by atoms with Crippen LogP contribution >= 0.6 is 34.2 Å². The van der Waals surface area contributed by atoms with E-state index in [1.807, 2.05) is 12.1 Å². The third-order valence-electron chi connectivity index (χ3n) is 4.48. The van der Waals surface area contributed by atoms with Gasteiger partial charge in [0.05, 0.1) is 16.3 Å². The number of carbonyl (C=O) groups excluding carboxylic acids is 1. The van der Waals surface area contributed by atoms with Gasteiger partial charge in [0.25, 0.3) is 5.91 Å². The van der Waals surface area contributed by atoms with Crippen LogP contribution in [0.2, 0.25) is 5.02 Å². The first-order chi connectivity index (χ1) is 15.8. The van der Waals surface area contributed by atoms with Gasteiger partial charge in [0.1, 0.15) is 25.1 Å². The molecule has 10 heteroatoms. The second-order valence-electron chi connectivity index (χ2n) is 7.01. The van der Waals surface area contributed by atoms with E-state index in [1.54, 1.807) is 43.3 Å². The number of aryl methyl sites for hydroxylation is 1. The molecule has 1 atom stereocenters. The van der Waals surface area contributed by atoms with E-state index in [0.717, 1.165) is 15.2 Å². The Labute approximate surface area is 208 Å². The van der Waals surface area contributed by atoms with Crippen LogP contribution in [0.25, 0.3) is 0 Å². The average molecular weight is 589 g/mol. The summed E-state index contributed by atoms with van der Waals surface area (Å²) in [5, 5.41) is 12.2. The van der Waals surface area contributed by atoms with Gasteiger partial charge in [0.2, 0.25) is 0 Å². The lowest BCUT2D eigenvalue weighted by Gasteiger charge is -2.17. The molecule has 0 radical (unpaired) electrons. The summed E-state index contributed by atoms with van der Waals surface area (Å²) in [4.78, 5) is 17.7. The van der Waals surface area contributed by atoms with Crippen molar-refractivity contribution < 1.29 is 28.3 Å². The quantitative estimate of drug-likeness (QED) is 0.178. The number of aliphatic hydroxyl groups excluding tert-OH is 1. The van der Waals surface area contributed by atoms with Gasteiger partial charge in [-0.2, -0.15) is 0 Å². The minimum Gasteiger partial charge on any atom is -0.491 e. The number of nitrogens with one attached hydrogen (secondary N) is 2. The Hall–Kier alpha value is -2.47. The lowest BCUT2D eigenvalue weighted by molar-refractivity contribution is -0.0259. The van der Waals surface area contributed by atoms with Gasteiger partial charge in [0, 0.05) is 9.26 Å². The number of ether oxygens (including phenoxy) is 1. The van der Waals surface area contributed by atoms with E-state index >= 15 is 0 Å². The highest BCUT2D eigenvalue weighted by atomic mass is 127. The molecule has 0 saturated heterocycles. The van der Waals surface area contributed by atoms with Crippen LogP contribution in [0.5, 0.6) is 5.75 Å². The largest absolute Gasteiger partial charge is 0.491 e. The van der Waals surface area contributed by atoms with Crippen LogP contribution in [0.15, 0.2) is 54.6 Å². The number of hydroxylamine groups is 1. The van der Waals surface area contributed by atoms with Crippen LogP contribution in [-0.4, -0.2) is 30.3 Å². The molecule has 0 spiro atoms. The van der Waals surface area contributed by atoms with Gasteiger partial charge in [-0.05, 0) is 71.5 Å². The molecule has 0 aliphatic heterocycles. The lowest BCUT2D eigenvalue weighted by atomic mass is 10.1. The third kappa shape index (κ3) is 6.76. The monoisotopic (exact) mass is 588 g/mol. The van der Waals surface area contributed by atoms with E-state index in [-0.39, 0.29) is 18.8 Å². The van der Waals surface area contributed by atoms with E-state index in [9.17, 15) is 18.7 Å². The van der Waals surface area contributed by atoms with Crippen molar-refractivity contribution in [2.75, 3.05) is 18.5 Å². The molecule has 1 unspecified atom stereocenters. The molecule has 1 amide bonds. The molecular formula is C23H20ClF2IN2O4. The Morgan fingerprint density at radius 3 is 2.55 bits per heavy atom. The van der Waals surface area contributed by atoms with Gasteiger partial charge in [-0.25, -0.2) is 14.3 Å². The summed E-state index contributed by atoms with van der Waals surface area (Å²) in [7, 11) is 0. The Kier molecular flexibility index (Phi) is 8.84. The maximum atomic E-state index is 14.7. The molecule has 0 saturated carbocycles. The van der Waals surface area contributed by atoms with E-state index in [1.165, 1.54) is 0 Å². The first-order valence-corrected chi connectivity index (χ1v) is 11.2. The van der Waals surface area contributed by atoms with Crippen LogP contribution in [0, 0.1) is 22.1 Å². The Morgan fingerprint density at radius 1 is 1.12 bits per heavy atom. The molecule has 33 heavy (non-hydrogen) atoms. The predicted molar refractivity (Wildman–Crippen MR) is 130 cm³/mol. The van der Waals surface area contributed by atoms with Gasteiger partial charge >= 0.3 is 0 Å². The van der Waals surface area contributed by atoms with Gasteiger partial charge in [-0.15, -0.1) is 0 Å². The minimum atomic E-state index is -1.30. The molecule has 0 aromatic heterocycles. The van der Waals surface area contributed by atoms with Crippen molar-refractivity contribution in [2.24, 2.45) is 0 Å². The third-order valence-corrected chi connectivity index (χ3v) is 5.43. The molecule has 3 N–H and O–H groups in total. The van der Waals surface area contributed by atoms with Crippen molar-refractivity contribution in [3.05, 3.63) is 86.0 Å². The zero-order chi connectivity index (χ0) is 24.0. The zero-order valence-electron chi connectivity index (χ0n) is 17.4. The van der Waals surface area contributed by atoms with Crippen LogP contribution in [-0.2, 0) is 4.84 Å². The highest BCUT2D eigenvalue weighted by molar-refractivity contribution is 14.1. The van der Waals surface area contributed by atoms with Gasteiger partial charge in [-0.1, -0.05) is 29.8 Å². The number of benzene rings is 3. The van der Waals surface area contributed by atoms with E-state index < -0.39 is 34.4 Å². The molecule has 0 aliphatic carbocycles. The number of para-hydroxylation sites is 1. The zero-order valence-corrected chi connectivity index (χ0v) is 20.3. The number of carbonyl (C=O) groups is 1. The molecule has 0 heterocycles. The van der Waals surface area contributed by atoms with Crippen molar-refractivity contribution in [1.82, 2.24) is 5.48 Å². The molecule has 6 nitrogen and oxygen atoms in total. The fourth-order valence-corrected chi connectivity index (χ4v) is 3.65. The SMILES string of the molecule is Cc1cc(I)ccc1Nc1c(C(=O)NOCC(O)COc2ccccc2)cc(Cl)c(F)c1F. The van der Waals surface area contributed by atoms with Gasteiger partial charge < -0.3 is 15.2 Å². The normalized spacial score (nSPS) is 11.7. The Morgan fingerprint density at radius 2 is 1.85 bits per heavy atom. The van der Waals surface area contributed by atoms with Crippen molar-refractivity contribution in [3.8, 4) is 5.75 Å².